The Balaban J connectivity index is 0.00000200. The molecule has 0 saturated heterocycles. The molecular weight excluding hydrogens is 299 g/mol. The highest BCUT2D eigenvalue weighted by Crippen LogP contribution is 2.28. The first-order valence-corrected chi connectivity index (χ1v) is 6.32. The van der Waals surface area contributed by atoms with Gasteiger partial charge in [-0.25, -0.2) is 4.79 Å². The molecule has 2 aromatic carbocycles. The van der Waals surface area contributed by atoms with Gasteiger partial charge in [0.1, 0.15) is 0 Å². The Morgan fingerprint density at radius 3 is 2.25 bits per heavy atom. The molecule has 0 bridgehead atoms. The molecule has 2 N–H and O–H groups in total. The summed E-state index contributed by atoms with van der Waals surface area (Å²) in [7, 11) is 0. The molecule has 0 saturated carbocycles. The smallest absolute Gasteiger partial charge is 0.337 e. The molecule has 0 spiro atoms. The van der Waals surface area contributed by atoms with Gasteiger partial charge >= 0.3 is 5.97 Å². The molecule has 0 aliphatic heterocycles. The Labute approximate surface area is 128 Å². The summed E-state index contributed by atoms with van der Waals surface area (Å²) < 4.78 is 0. The second-order valence-corrected chi connectivity index (χ2v) is 4.43. The first kappa shape index (κ1) is 16.5. The van der Waals surface area contributed by atoms with E-state index in [1.54, 1.807) is 18.2 Å². The molecule has 0 amide bonds. The van der Waals surface area contributed by atoms with Gasteiger partial charge in [-0.2, -0.15) is 0 Å². The number of carboxylic acids is 1. The second-order valence-electron chi connectivity index (χ2n) is 4.16. The van der Waals surface area contributed by atoms with E-state index in [0.29, 0.717) is 17.0 Å². The maximum atomic E-state index is 10.9. The molecule has 0 aromatic heterocycles. The molecule has 20 heavy (non-hydrogen) atoms. The highest BCUT2D eigenvalue weighted by Gasteiger charge is 2.19. The summed E-state index contributed by atoms with van der Waals surface area (Å²) in [5.74, 6) is -0.829. The quantitative estimate of drug-likeness (QED) is 0.847. The molecule has 0 radical (unpaired) electrons. The minimum absolute atomic E-state index is 0. The van der Waals surface area contributed by atoms with Crippen LogP contribution in [0.2, 0.25) is 0 Å². The van der Waals surface area contributed by atoms with E-state index in [9.17, 15) is 9.90 Å². The van der Waals surface area contributed by atoms with Crippen LogP contribution in [0.3, 0.4) is 0 Å². The molecule has 2 aromatic rings. The van der Waals surface area contributed by atoms with E-state index in [1.807, 2.05) is 30.3 Å². The summed E-state index contributed by atoms with van der Waals surface area (Å²) >= 11 is 5.73. The van der Waals surface area contributed by atoms with Gasteiger partial charge < -0.3 is 10.2 Å². The first-order valence-electron chi connectivity index (χ1n) is 5.78. The van der Waals surface area contributed by atoms with Crippen LogP contribution in [0, 0.1) is 0 Å². The van der Waals surface area contributed by atoms with Crippen molar-refractivity contribution in [2.45, 2.75) is 12.0 Å². The predicted octanol–water partition coefficient (Wildman–Crippen LogP) is 3.63. The summed E-state index contributed by atoms with van der Waals surface area (Å²) in [4.78, 5) is 10.9. The molecule has 0 aliphatic carbocycles. The van der Waals surface area contributed by atoms with Gasteiger partial charge in [-0.1, -0.05) is 48.5 Å². The van der Waals surface area contributed by atoms with Gasteiger partial charge in [-0.05, 0) is 22.3 Å². The first-order chi connectivity index (χ1) is 9.13. The number of alkyl halides is 1. The van der Waals surface area contributed by atoms with E-state index in [2.05, 4.69) is 0 Å². The van der Waals surface area contributed by atoms with E-state index in [0.717, 1.165) is 11.1 Å². The number of hydrogen-bond acceptors (Lipinski definition) is 2. The molecule has 1 atom stereocenters. The zero-order valence-electron chi connectivity index (χ0n) is 10.5. The second kappa shape index (κ2) is 7.29. The molecule has 0 fully saturated rings. The number of aliphatic hydroxyl groups is 1. The van der Waals surface area contributed by atoms with Crippen molar-refractivity contribution in [1.29, 1.82) is 0 Å². The minimum Gasteiger partial charge on any atom is -0.479 e. The van der Waals surface area contributed by atoms with Crippen molar-refractivity contribution >= 4 is 30.0 Å². The Hall–Kier alpha value is -1.55. The molecular formula is C15H14Cl2O3. The van der Waals surface area contributed by atoms with E-state index < -0.39 is 12.1 Å². The number of benzene rings is 2. The van der Waals surface area contributed by atoms with Crippen LogP contribution in [-0.2, 0) is 10.7 Å². The zero-order valence-corrected chi connectivity index (χ0v) is 12.1. The Morgan fingerprint density at radius 2 is 1.70 bits per heavy atom. The molecule has 3 nitrogen and oxygen atoms in total. The topological polar surface area (TPSA) is 57.5 Å². The van der Waals surface area contributed by atoms with Crippen LogP contribution in [0.15, 0.2) is 48.5 Å². The lowest BCUT2D eigenvalue weighted by Crippen LogP contribution is -2.11. The van der Waals surface area contributed by atoms with Gasteiger partial charge in [0.15, 0.2) is 6.10 Å². The summed E-state index contributed by atoms with van der Waals surface area (Å²) in [5.41, 5.74) is 2.93. The number of hydrogen-bond donors (Lipinski definition) is 2. The van der Waals surface area contributed by atoms with Gasteiger partial charge in [-0.3, -0.25) is 0 Å². The van der Waals surface area contributed by atoms with Crippen LogP contribution in [0.4, 0.5) is 0 Å². The number of halogens is 2. The van der Waals surface area contributed by atoms with Gasteiger partial charge in [0, 0.05) is 5.88 Å². The van der Waals surface area contributed by atoms with Gasteiger partial charge in [0.2, 0.25) is 0 Å². The van der Waals surface area contributed by atoms with Crippen molar-refractivity contribution in [2.75, 3.05) is 0 Å². The highest BCUT2D eigenvalue weighted by molar-refractivity contribution is 6.17. The van der Waals surface area contributed by atoms with Crippen LogP contribution in [-0.4, -0.2) is 16.2 Å². The van der Waals surface area contributed by atoms with Gasteiger partial charge in [-0.15, -0.1) is 24.0 Å². The van der Waals surface area contributed by atoms with Crippen LogP contribution in [0.1, 0.15) is 17.2 Å². The van der Waals surface area contributed by atoms with Crippen molar-refractivity contribution < 1.29 is 15.0 Å². The summed E-state index contributed by atoms with van der Waals surface area (Å²) in [6.45, 7) is 0. The van der Waals surface area contributed by atoms with Crippen LogP contribution >= 0.6 is 24.0 Å². The fourth-order valence-corrected chi connectivity index (χ4v) is 2.08. The number of carboxylic acid groups (broad SMARTS) is 1. The fraction of sp³-hybridized carbons (Fsp3) is 0.133. The highest BCUT2D eigenvalue weighted by atomic mass is 35.5. The molecule has 1 unspecified atom stereocenters. The van der Waals surface area contributed by atoms with E-state index in [1.165, 1.54) is 0 Å². The molecule has 0 aliphatic rings. The standard InChI is InChI=1S/C15H13ClO3.ClH/c16-9-10-5-7-11(8-6-10)12-3-1-2-4-13(12)14(17)15(18)19;/h1-8,14,17H,9H2,(H,18,19);1H. The van der Waals surface area contributed by atoms with E-state index in [-0.39, 0.29) is 12.4 Å². The lowest BCUT2D eigenvalue weighted by molar-refractivity contribution is -0.146. The number of aliphatic carboxylic acids is 1. The molecule has 2 rings (SSSR count). The lowest BCUT2D eigenvalue weighted by Gasteiger charge is -2.12. The van der Waals surface area contributed by atoms with Gasteiger partial charge in [0.25, 0.3) is 0 Å². The van der Waals surface area contributed by atoms with Crippen molar-refractivity contribution in [1.82, 2.24) is 0 Å². The number of carbonyl (C=O) groups is 1. The van der Waals surface area contributed by atoms with Crippen LogP contribution < -0.4 is 0 Å². The van der Waals surface area contributed by atoms with Crippen LogP contribution in [0.25, 0.3) is 11.1 Å². The molecule has 5 heteroatoms. The summed E-state index contributed by atoms with van der Waals surface area (Å²) in [5, 5.41) is 18.6. The largest absolute Gasteiger partial charge is 0.479 e. The van der Waals surface area contributed by atoms with Crippen molar-refractivity contribution in [3.8, 4) is 11.1 Å². The van der Waals surface area contributed by atoms with Gasteiger partial charge in [0.05, 0.1) is 0 Å². The average Bonchev–Trinajstić information content (AvgIpc) is 2.46. The number of aliphatic hydroxyl groups excluding tert-OH is 1. The Kier molecular flexibility index (Phi) is 6.02. The normalized spacial score (nSPS) is 11.5. The molecule has 106 valence electrons. The van der Waals surface area contributed by atoms with E-state index >= 15 is 0 Å². The Morgan fingerprint density at radius 1 is 1.10 bits per heavy atom. The average molecular weight is 313 g/mol. The monoisotopic (exact) mass is 312 g/mol. The van der Waals surface area contributed by atoms with E-state index in [4.69, 9.17) is 16.7 Å². The van der Waals surface area contributed by atoms with Crippen molar-refractivity contribution in [3.05, 3.63) is 59.7 Å². The SMILES string of the molecule is Cl.O=C(O)C(O)c1ccccc1-c1ccc(CCl)cc1. The lowest BCUT2D eigenvalue weighted by atomic mass is 9.96. The maximum Gasteiger partial charge on any atom is 0.337 e. The third kappa shape index (κ3) is 3.51. The van der Waals surface area contributed by atoms with Crippen LogP contribution in [0.5, 0.6) is 0 Å². The Bertz CT molecular complexity index is 582. The molecule has 0 heterocycles. The predicted molar refractivity (Wildman–Crippen MR) is 81.3 cm³/mol. The fourth-order valence-electron chi connectivity index (χ4n) is 1.90. The zero-order chi connectivity index (χ0) is 13.8. The summed E-state index contributed by atoms with van der Waals surface area (Å²) in [6.07, 6.45) is -1.52. The maximum absolute atomic E-state index is 10.9. The third-order valence-corrected chi connectivity index (χ3v) is 3.22. The number of rotatable bonds is 4. The minimum atomic E-state index is -1.52. The third-order valence-electron chi connectivity index (χ3n) is 2.91. The van der Waals surface area contributed by atoms with Crippen molar-refractivity contribution in [3.63, 3.8) is 0 Å². The van der Waals surface area contributed by atoms with Crippen molar-refractivity contribution in [2.24, 2.45) is 0 Å². The summed E-state index contributed by atoms with van der Waals surface area (Å²) in [6, 6.07) is 14.4.